The Morgan fingerprint density at radius 1 is 0.967 bits per heavy atom. The van der Waals surface area contributed by atoms with Crippen molar-refractivity contribution in [3.05, 3.63) is 53.6 Å². The van der Waals surface area contributed by atoms with Gasteiger partial charge in [-0.05, 0) is 67.3 Å². The van der Waals surface area contributed by atoms with E-state index in [0.717, 1.165) is 49.0 Å². The van der Waals surface area contributed by atoms with E-state index in [2.05, 4.69) is 17.0 Å². The van der Waals surface area contributed by atoms with Crippen LogP contribution in [0, 0.1) is 5.92 Å². The van der Waals surface area contributed by atoms with Crippen LogP contribution in [0.1, 0.15) is 28.8 Å². The van der Waals surface area contributed by atoms with Crippen molar-refractivity contribution < 1.29 is 19.0 Å². The first-order chi connectivity index (χ1) is 14.6. The van der Waals surface area contributed by atoms with Crippen molar-refractivity contribution in [1.29, 1.82) is 0 Å². The lowest BCUT2D eigenvalue weighted by atomic mass is 9.91. The van der Waals surface area contributed by atoms with Crippen LogP contribution < -0.4 is 14.2 Å². The van der Waals surface area contributed by atoms with Crippen LogP contribution in [0.4, 0.5) is 0 Å². The SMILES string of the molecule is COc1ccc(C(=O)N2C[C@H]3CCCN(Cc4ccc(OC)c(OC)c4)[C@H]3C2)cc1. The Balaban J connectivity index is 1.46. The van der Waals surface area contributed by atoms with Gasteiger partial charge in [-0.2, -0.15) is 0 Å². The second kappa shape index (κ2) is 8.96. The maximum Gasteiger partial charge on any atom is 0.253 e. The lowest BCUT2D eigenvalue weighted by Crippen LogP contribution is -2.44. The Morgan fingerprint density at radius 3 is 2.43 bits per heavy atom. The first-order valence-electron chi connectivity index (χ1n) is 10.5. The van der Waals surface area contributed by atoms with Crippen LogP contribution >= 0.6 is 0 Å². The standard InChI is InChI=1S/C24H30N2O4/c1-28-20-9-7-18(8-10-20)24(27)26-15-19-5-4-12-25(21(19)16-26)14-17-6-11-22(29-2)23(13-17)30-3/h6-11,13,19,21H,4-5,12,14-16H2,1-3H3/t19-,21+/m1/s1. The highest BCUT2D eigenvalue weighted by atomic mass is 16.5. The van der Waals surface area contributed by atoms with E-state index >= 15 is 0 Å². The summed E-state index contributed by atoms with van der Waals surface area (Å²) >= 11 is 0. The second-order valence-electron chi connectivity index (χ2n) is 8.07. The summed E-state index contributed by atoms with van der Waals surface area (Å²) in [5, 5.41) is 0. The summed E-state index contributed by atoms with van der Waals surface area (Å²) in [5.41, 5.74) is 1.93. The maximum atomic E-state index is 13.0. The molecule has 2 saturated heterocycles. The average Bonchev–Trinajstić information content (AvgIpc) is 3.24. The molecule has 0 spiro atoms. The molecule has 2 heterocycles. The molecular formula is C24H30N2O4. The fourth-order valence-electron chi connectivity index (χ4n) is 4.77. The molecule has 0 N–H and O–H groups in total. The fraction of sp³-hybridized carbons (Fsp3) is 0.458. The molecule has 2 atom stereocenters. The van der Waals surface area contributed by atoms with Crippen LogP contribution in [0.5, 0.6) is 17.2 Å². The van der Waals surface area contributed by atoms with Crippen LogP contribution in [-0.4, -0.2) is 62.7 Å². The third-order valence-corrected chi connectivity index (χ3v) is 6.35. The summed E-state index contributed by atoms with van der Waals surface area (Å²) in [6, 6.07) is 13.9. The predicted molar refractivity (Wildman–Crippen MR) is 115 cm³/mol. The molecule has 6 heteroatoms. The number of benzene rings is 2. The highest BCUT2D eigenvalue weighted by Gasteiger charge is 2.40. The Hall–Kier alpha value is -2.73. The number of ether oxygens (including phenoxy) is 3. The Labute approximate surface area is 178 Å². The number of carbonyl (C=O) groups is 1. The number of piperidine rings is 1. The van der Waals surface area contributed by atoms with Crippen LogP contribution in [0.15, 0.2) is 42.5 Å². The molecule has 0 saturated carbocycles. The molecule has 160 valence electrons. The maximum absolute atomic E-state index is 13.0. The molecular weight excluding hydrogens is 380 g/mol. The van der Waals surface area contributed by atoms with Gasteiger partial charge in [0, 0.05) is 31.2 Å². The van der Waals surface area contributed by atoms with E-state index in [4.69, 9.17) is 14.2 Å². The van der Waals surface area contributed by atoms with Crippen molar-refractivity contribution in [3.8, 4) is 17.2 Å². The zero-order chi connectivity index (χ0) is 21.1. The first kappa shape index (κ1) is 20.5. The highest BCUT2D eigenvalue weighted by Crippen LogP contribution is 2.34. The minimum absolute atomic E-state index is 0.109. The number of hydrogen-bond donors (Lipinski definition) is 0. The molecule has 0 unspecified atom stereocenters. The quantitative estimate of drug-likeness (QED) is 0.730. The van der Waals surface area contributed by atoms with Crippen molar-refractivity contribution in [2.75, 3.05) is 41.0 Å². The van der Waals surface area contributed by atoms with Gasteiger partial charge in [0.25, 0.3) is 5.91 Å². The summed E-state index contributed by atoms with van der Waals surface area (Å²) in [6.45, 7) is 3.52. The summed E-state index contributed by atoms with van der Waals surface area (Å²) in [4.78, 5) is 17.6. The van der Waals surface area contributed by atoms with E-state index in [1.165, 1.54) is 18.4 Å². The zero-order valence-electron chi connectivity index (χ0n) is 18.0. The molecule has 0 aromatic heterocycles. The number of hydrogen-bond acceptors (Lipinski definition) is 5. The minimum atomic E-state index is 0.109. The smallest absolute Gasteiger partial charge is 0.253 e. The molecule has 2 fully saturated rings. The number of fused-ring (bicyclic) bond motifs is 1. The van der Waals surface area contributed by atoms with Gasteiger partial charge < -0.3 is 19.1 Å². The third-order valence-electron chi connectivity index (χ3n) is 6.35. The Morgan fingerprint density at radius 2 is 1.73 bits per heavy atom. The van der Waals surface area contributed by atoms with Crippen molar-refractivity contribution >= 4 is 5.91 Å². The van der Waals surface area contributed by atoms with E-state index < -0.39 is 0 Å². The number of carbonyl (C=O) groups excluding carboxylic acids is 1. The molecule has 0 bridgehead atoms. The molecule has 0 radical (unpaired) electrons. The summed E-state index contributed by atoms with van der Waals surface area (Å²) < 4.78 is 16.0. The normalized spacial score (nSPS) is 21.2. The van der Waals surface area contributed by atoms with Gasteiger partial charge in [-0.25, -0.2) is 0 Å². The lowest BCUT2D eigenvalue weighted by Gasteiger charge is -2.36. The average molecular weight is 411 g/mol. The van der Waals surface area contributed by atoms with Gasteiger partial charge in [0.05, 0.1) is 21.3 Å². The summed E-state index contributed by atoms with van der Waals surface area (Å²) in [5.74, 6) is 2.91. The van der Waals surface area contributed by atoms with Crippen molar-refractivity contribution in [2.45, 2.75) is 25.4 Å². The van der Waals surface area contributed by atoms with E-state index in [9.17, 15) is 4.79 Å². The Kier molecular flexibility index (Phi) is 6.13. The highest BCUT2D eigenvalue weighted by molar-refractivity contribution is 5.94. The monoisotopic (exact) mass is 410 g/mol. The number of amides is 1. The number of nitrogens with zero attached hydrogens (tertiary/aromatic N) is 2. The van der Waals surface area contributed by atoms with E-state index in [0.29, 0.717) is 12.0 Å². The Bertz CT molecular complexity index is 883. The van der Waals surface area contributed by atoms with Crippen LogP contribution in [-0.2, 0) is 6.54 Å². The lowest BCUT2D eigenvalue weighted by molar-refractivity contribution is 0.0774. The molecule has 1 amide bonds. The number of rotatable bonds is 6. The molecule has 0 aliphatic carbocycles. The molecule has 2 aromatic rings. The molecule has 2 aliphatic heterocycles. The number of likely N-dealkylation sites (tertiary alicyclic amines) is 2. The summed E-state index contributed by atoms with van der Waals surface area (Å²) in [7, 11) is 4.95. The van der Waals surface area contributed by atoms with Crippen molar-refractivity contribution in [2.24, 2.45) is 5.92 Å². The van der Waals surface area contributed by atoms with Gasteiger partial charge in [-0.3, -0.25) is 9.69 Å². The third kappa shape index (κ3) is 4.10. The van der Waals surface area contributed by atoms with Gasteiger partial charge >= 0.3 is 0 Å². The predicted octanol–water partition coefficient (Wildman–Crippen LogP) is 3.45. The largest absolute Gasteiger partial charge is 0.497 e. The molecule has 2 aliphatic rings. The second-order valence-corrected chi connectivity index (χ2v) is 8.07. The van der Waals surface area contributed by atoms with Gasteiger partial charge in [-0.15, -0.1) is 0 Å². The fourth-order valence-corrected chi connectivity index (χ4v) is 4.77. The molecule has 6 nitrogen and oxygen atoms in total. The van der Waals surface area contributed by atoms with E-state index in [1.807, 2.05) is 35.2 Å². The van der Waals surface area contributed by atoms with Gasteiger partial charge in [0.15, 0.2) is 11.5 Å². The molecule has 4 rings (SSSR count). The zero-order valence-corrected chi connectivity index (χ0v) is 18.0. The molecule has 30 heavy (non-hydrogen) atoms. The topological polar surface area (TPSA) is 51.2 Å². The van der Waals surface area contributed by atoms with Gasteiger partial charge in [0.1, 0.15) is 5.75 Å². The van der Waals surface area contributed by atoms with Gasteiger partial charge in [0.2, 0.25) is 0 Å². The van der Waals surface area contributed by atoms with Gasteiger partial charge in [-0.1, -0.05) is 6.07 Å². The van der Waals surface area contributed by atoms with Crippen molar-refractivity contribution in [3.63, 3.8) is 0 Å². The van der Waals surface area contributed by atoms with Crippen LogP contribution in [0.2, 0.25) is 0 Å². The van der Waals surface area contributed by atoms with Crippen molar-refractivity contribution in [1.82, 2.24) is 9.80 Å². The van der Waals surface area contributed by atoms with E-state index in [1.54, 1.807) is 21.3 Å². The summed E-state index contributed by atoms with van der Waals surface area (Å²) in [6.07, 6.45) is 2.35. The minimum Gasteiger partial charge on any atom is -0.497 e. The number of methoxy groups -OCH3 is 3. The van der Waals surface area contributed by atoms with E-state index in [-0.39, 0.29) is 5.91 Å². The van der Waals surface area contributed by atoms with Crippen LogP contribution in [0.3, 0.4) is 0 Å². The first-order valence-corrected chi connectivity index (χ1v) is 10.5. The molecule has 2 aromatic carbocycles. The van der Waals surface area contributed by atoms with Crippen LogP contribution in [0.25, 0.3) is 0 Å².